The third kappa shape index (κ3) is 5.32. The molecule has 118 valence electrons. The zero-order valence-electron chi connectivity index (χ0n) is 13.3. The van der Waals surface area contributed by atoms with Crippen molar-refractivity contribution in [2.24, 2.45) is 0 Å². The number of rotatable bonds is 7. The highest BCUT2D eigenvalue weighted by Crippen LogP contribution is 2.28. The summed E-state index contributed by atoms with van der Waals surface area (Å²) in [5.41, 5.74) is -0.437. The molecule has 0 aliphatic carbocycles. The predicted molar refractivity (Wildman–Crippen MR) is 88.5 cm³/mol. The molecule has 0 spiro atoms. The van der Waals surface area contributed by atoms with Gasteiger partial charge in [0.25, 0.3) is 0 Å². The lowest BCUT2D eigenvalue weighted by Crippen LogP contribution is -2.50. The number of methoxy groups -OCH3 is 1. The van der Waals surface area contributed by atoms with E-state index in [9.17, 15) is 4.79 Å². The summed E-state index contributed by atoms with van der Waals surface area (Å²) in [7, 11) is 1.64. The van der Waals surface area contributed by atoms with Crippen LogP contribution in [0.4, 0.5) is 5.69 Å². The summed E-state index contributed by atoms with van der Waals surface area (Å²) in [6.45, 7) is 7.90. The molecule has 1 N–H and O–H groups in total. The van der Waals surface area contributed by atoms with E-state index in [1.165, 1.54) is 0 Å². The van der Waals surface area contributed by atoms with Crippen LogP contribution in [-0.4, -0.2) is 30.8 Å². The maximum atomic E-state index is 12.4. The summed E-state index contributed by atoms with van der Waals surface area (Å²) >= 11 is 3.40. The fraction of sp³-hybridized carbons (Fsp3) is 0.562. The van der Waals surface area contributed by atoms with Crippen molar-refractivity contribution in [1.29, 1.82) is 0 Å². The van der Waals surface area contributed by atoms with Crippen LogP contribution in [-0.2, 0) is 14.3 Å². The van der Waals surface area contributed by atoms with E-state index in [-0.39, 0.29) is 5.97 Å². The monoisotopic (exact) mass is 357 g/mol. The summed E-state index contributed by atoms with van der Waals surface area (Å²) < 4.78 is 11.7. The molecule has 21 heavy (non-hydrogen) atoms. The summed E-state index contributed by atoms with van der Waals surface area (Å²) in [5.74, 6) is -0.280. The number of anilines is 1. The number of hydrogen-bond donors (Lipinski definition) is 1. The summed E-state index contributed by atoms with van der Waals surface area (Å²) in [6.07, 6.45) is 0.491. The first kappa shape index (κ1) is 18.0. The van der Waals surface area contributed by atoms with Gasteiger partial charge in [-0.1, -0.05) is 15.9 Å². The van der Waals surface area contributed by atoms with Gasteiger partial charge in [-0.15, -0.1) is 0 Å². The number of esters is 1. The molecule has 0 radical (unpaired) electrons. The molecule has 0 aromatic heterocycles. The fourth-order valence-electron chi connectivity index (χ4n) is 2.23. The third-order valence-electron chi connectivity index (χ3n) is 3.32. The Hall–Kier alpha value is -1.07. The summed E-state index contributed by atoms with van der Waals surface area (Å²) in [6, 6.07) is 7.69. The van der Waals surface area contributed by atoms with Crippen LogP contribution in [0, 0.1) is 0 Å². The van der Waals surface area contributed by atoms with Crippen LogP contribution in [0.3, 0.4) is 0 Å². The minimum atomic E-state index is -0.858. The van der Waals surface area contributed by atoms with Crippen molar-refractivity contribution in [3.63, 3.8) is 0 Å². The van der Waals surface area contributed by atoms with E-state index in [1.54, 1.807) is 14.0 Å². The molecule has 0 saturated heterocycles. The minimum Gasteiger partial charge on any atom is -0.464 e. The van der Waals surface area contributed by atoms with Crippen LogP contribution in [0.2, 0.25) is 0 Å². The van der Waals surface area contributed by atoms with Crippen LogP contribution < -0.4 is 5.32 Å². The molecule has 0 bridgehead atoms. The lowest BCUT2D eigenvalue weighted by atomic mass is 9.87. The van der Waals surface area contributed by atoms with E-state index >= 15 is 0 Å². The maximum absolute atomic E-state index is 12.4. The Morgan fingerprint density at radius 3 is 2.29 bits per heavy atom. The molecular weight excluding hydrogens is 334 g/mol. The number of hydrogen-bond acceptors (Lipinski definition) is 4. The van der Waals surface area contributed by atoms with Crippen molar-refractivity contribution < 1.29 is 14.3 Å². The Morgan fingerprint density at radius 2 is 1.81 bits per heavy atom. The SMILES string of the molecule is CCOC(=O)C(C)(CC(C)(C)OC)Nc1ccc(Br)cc1. The van der Waals surface area contributed by atoms with Crippen LogP contribution >= 0.6 is 15.9 Å². The zero-order chi connectivity index (χ0) is 16.1. The molecule has 0 fully saturated rings. The summed E-state index contributed by atoms with van der Waals surface area (Å²) in [4.78, 5) is 12.4. The lowest BCUT2D eigenvalue weighted by Gasteiger charge is -2.36. The number of carbonyl (C=O) groups is 1. The Kier molecular flexibility index (Phi) is 6.23. The highest BCUT2D eigenvalue weighted by molar-refractivity contribution is 9.10. The molecule has 1 unspecified atom stereocenters. The molecule has 1 aromatic carbocycles. The van der Waals surface area contributed by atoms with Crippen LogP contribution in [0.1, 0.15) is 34.1 Å². The van der Waals surface area contributed by atoms with Crippen LogP contribution in [0.25, 0.3) is 0 Å². The Bertz CT molecular complexity index is 473. The predicted octanol–water partition coefficient (Wildman–Crippen LogP) is 4.00. The Morgan fingerprint density at radius 1 is 1.24 bits per heavy atom. The number of benzene rings is 1. The summed E-state index contributed by atoms with van der Waals surface area (Å²) in [5, 5.41) is 3.28. The molecule has 1 aromatic rings. The molecule has 0 amide bonds. The van der Waals surface area contributed by atoms with Gasteiger partial charge < -0.3 is 14.8 Å². The first-order valence-corrected chi connectivity index (χ1v) is 7.78. The minimum absolute atomic E-state index is 0.280. The van der Waals surface area contributed by atoms with Crippen LogP contribution in [0.5, 0.6) is 0 Å². The van der Waals surface area contributed by atoms with Crippen molar-refractivity contribution in [1.82, 2.24) is 0 Å². The largest absolute Gasteiger partial charge is 0.464 e. The molecule has 0 saturated carbocycles. The maximum Gasteiger partial charge on any atom is 0.331 e. The first-order valence-electron chi connectivity index (χ1n) is 6.98. The number of halogens is 1. The molecule has 0 heterocycles. The quantitative estimate of drug-likeness (QED) is 0.749. The first-order chi connectivity index (χ1) is 9.72. The number of ether oxygens (including phenoxy) is 2. The van der Waals surface area contributed by atoms with Gasteiger partial charge in [-0.3, -0.25) is 0 Å². The lowest BCUT2D eigenvalue weighted by molar-refractivity contribution is -0.150. The van der Waals surface area contributed by atoms with Gasteiger partial charge in [0.1, 0.15) is 5.54 Å². The van der Waals surface area contributed by atoms with Crippen molar-refractivity contribution in [3.05, 3.63) is 28.7 Å². The highest BCUT2D eigenvalue weighted by Gasteiger charge is 2.40. The van der Waals surface area contributed by atoms with Crippen molar-refractivity contribution in [2.45, 2.75) is 45.3 Å². The van der Waals surface area contributed by atoms with Gasteiger partial charge >= 0.3 is 5.97 Å². The average molecular weight is 358 g/mol. The van der Waals surface area contributed by atoms with E-state index in [0.29, 0.717) is 13.0 Å². The van der Waals surface area contributed by atoms with Crippen molar-refractivity contribution in [3.8, 4) is 0 Å². The van der Waals surface area contributed by atoms with Gasteiger partial charge in [0.15, 0.2) is 0 Å². The second kappa shape index (κ2) is 7.27. The Balaban J connectivity index is 3.00. The normalized spacial score (nSPS) is 14.4. The smallest absolute Gasteiger partial charge is 0.331 e. The van der Waals surface area contributed by atoms with E-state index < -0.39 is 11.1 Å². The number of carbonyl (C=O) groups excluding carboxylic acids is 1. The average Bonchev–Trinajstić information content (AvgIpc) is 2.41. The Labute approximate surface area is 135 Å². The zero-order valence-corrected chi connectivity index (χ0v) is 14.9. The fourth-order valence-corrected chi connectivity index (χ4v) is 2.50. The third-order valence-corrected chi connectivity index (χ3v) is 3.85. The molecule has 5 heteroatoms. The van der Waals surface area contributed by atoms with Crippen molar-refractivity contribution in [2.75, 3.05) is 19.0 Å². The standard InChI is InChI=1S/C16H24BrNO3/c1-6-21-14(19)16(4,11-15(2,3)20-5)18-13-9-7-12(17)8-10-13/h7-10,18H,6,11H2,1-5H3. The van der Waals surface area contributed by atoms with Crippen molar-refractivity contribution >= 4 is 27.6 Å². The molecular formula is C16H24BrNO3. The second-order valence-corrected chi connectivity index (χ2v) is 6.74. The van der Waals surface area contributed by atoms with Gasteiger partial charge in [0, 0.05) is 23.7 Å². The number of nitrogens with one attached hydrogen (secondary N) is 1. The molecule has 1 rings (SSSR count). The van der Waals surface area contributed by atoms with Gasteiger partial charge in [0.05, 0.1) is 12.2 Å². The molecule has 0 aliphatic heterocycles. The topological polar surface area (TPSA) is 47.6 Å². The van der Waals surface area contributed by atoms with Crippen LogP contribution in [0.15, 0.2) is 28.7 Å². The molecule has 0 aliphatic rings. The van der Waals surface area contributed by atoms with E-state index in [4.69, 9.17) is 9.47 Å². The van der Waals surface area contributed by atoms with E-state index in [0.717, 1.165) is 10.2 Å². The highest BCUT2D eigenvalue weighted by atomic mass is 79.9. The van der Waals surface area contributed by atoms with Gasteiger partial charge in [0.2, 0.25) is 0 Å². The second-order valence-electron chi connectivity index (χ2n) is 5.83. The van der Waals surface area contributed by atoms with Gasteiger partial charge in [-0.2, -0.15) is 0 Å². The van der Waals surface area contributed by atoms with E-state index in [1.807, 2.05) is 45.0 Å². The van der Waals surface area contributed by atoms with Gasteiger partial charge in [-0.25, -0.2) is 4.79 Å². The molecule has 4 nitrogen and oxygen atoms in total. The van der Waals surface area contributed by atoms with E-state index in [2.05, 4.69) is 21.2 Å². The van der Waals surface area contributed by atoms with Gasteiger partial charge in [-0.05, 0) is 52.0 Å². The molecule has 1 atom stereocenters.